The molecule has 9 nitrogen and oxygen atoms in total. The fourth-order valence-corrected chi connectivity index (χ4v) is 10.2. The van der Waals surface area contributed by atoms with Gasteiger partial charge in [-0.05, 0) is 54.7 Å². The Bertz CT molecular complexity index is 2760. The van der Waals surface area contributed by atoms with E-state index < -0.39 is 104 Å². The number of anilines is 2. The number of hydrogen-bond acceptors (Lipinski definition) is 7. The molecular formula is C46H29Cl2F5N2O7. The molecule has 4 amide bonds. The lowest BCUT2D eigenvalue weighted by Crippen LogP contribution is -2.60. The fourth-order valence-electron chi connectivity index (χ4n) is 9.28. The van der Waals surface area contributed by atoms with Crippen LogP contribution >= 0.6 is 23.2 Å². The number of benzene rings is 5. The van der Waals surface area contributed by atoms with Crippen LogP contribution in [0.25, 0.3) is 0 Å². The van der Waals surface area contributed by atoms with Gasteiger partial charge in [-0.1, -0.05) is 78.4 Å². The summed E-state index contributed by atoms with van der Waals surface area (Å²) in [7, 11) is 0. The van der Waals surface area contributed by atoms with Crippen molar-refractivity contribution >= 4 is 64.0 Å². The van der Waals surface area contributed by atoms with Crippen molar-refractivity contribution in [2.45, 2.75) is 35.1 Å². The van der Waals surface area contributed by atoms with E-state index in [-0.39, 0.29) is 51.8 Å². The number of nitrogens with zero attached hydrogens (tertiary/aromatic N) is 2. The highest BCUT2D eigenvalue weighted by atomic mass is 35.5. The Hall–Kier alpha value is -6.38. The Kier molecular flexibility index (Phi) is 9.86. The van der Waals surface area contributed by atoms with Gasteiger partial charge in [0.2, 0.25) is 17.6 Å². The number of aromatic hydroxyl groups is 1. The maximum atomic E-state index is 15.5. The third-order valence-corrected chi connectivity index (χ3v) is 13.6. The van der Waals surface area contributed by atoms with E-state index in [2.05, 4.69) is 0 Å². The van der Waals surface area contributed by atoms with E-state index in [0.717, 1.165) is 10.5 Å². The zero-order valence-corrected chi connectivity index (χ0v) is 33.3. The van der Waals surface area contributed by atoms with Gasteiger partial charge in [-0.2, -0.15) is 0 Å². The lowest BCUT2D eigenvalue weighted by atomic mass is 9.56. The quantitative estimate of drug-likeness (QED) is 0.0315. The molecule has 0 spiro atoms. The highest BCUT2D eigenvalue weighted by Gasteiger charge is 2.77. The maximum absolute atomic E-state index is 15.5. The Labute approximate surface area is 358 Å². The number of imide groups is 2. The van der Waals surface area contributed by atoms with Crippen molar-refractivity contribution < 1.29 is 55.8 Å². The zero-order valence-electron chi connectivity index (χ0n) is 31.8. The molecule has 2 heterocycles. The van der Waals surface area contributed by atoms with Gasteiger partial charge >= 0.3 is 0 Å². The number of carbonyl (C=O) groups is 5. The largest absolute Gasteiger partial charge is 0.508 e. The van der Waals surface area contributed by atoms with Crippen molar-refractivity contribution in [3.05, 3.63) is 166 Å². The van der Waals surface area contributed by atoms with Crippen LogP contribution < -0.4 is 14.5 Å². The Morgan fingerprint density at radius 3 is 1.94 bits per heavy atom. The molecule has 0 unspecified atom stereocenters. The summed E-state index contributed by atoms with van der Waals surface area (Å²) in [5, 5.41) is 11.6. The number of phenolic OH excluding ortho intramolecular Hbond substituents is 1. The molecule has 3 fully saturated rings. The summed E-state index contributed by atoms with van der Waals surface area (Å²) in [6.45, 7) is 0.0755. The minimum atomic E-state index is -2.84. The first-order valence-electron chi connectivity index (χ1n) is 19.2. The van der Waals surface area contributed by atoms with Gasteiger partial charge < -0.3 is 9.84 Å². The van der Waals surface area contributed by atoms with E-state index in [1.54, 1.807) is 54.6 Å². The minimum absolute atomic E-state index is 0.0755. The van der Waals surface area contributed by atoms with Crippen molar-refractivity contribution in [2.75, 3.05) is 9.80 Å². The van der Waals surface area contributed by atoms with Crippen LogP contribution in [0.15, 0.2) is 115 Å². The highest BCUT2D eigenvalue weighted by Crippen LogP contribution is 2.67. The summed E-state index contributed by atoms with van der Waals surface area (Å²) >= 11 is 14.5. The molecule has 16 heteroatoms. The Morgan fingerprint density at radius 1 is 0.710 bits per heavy atom. The lowest BCUT2D eigenvalue weighted by Gasteiger charge is -2.50. The highest BCUT2D eigenvalue weighted by molar-refractivity contribution is 6.58. The van der Waals surface area contributed by atoms with Gasteiger partial charge in [0.15, 0.2) is 38.8 Å². The molecule has 6 atom stereocenters. The van der Waals surface area contributed by atoms with Gasteiger partial charge in [0.05, 0.1) is 17.5 Å². The average Bonchev–Trinajstić information content (AvgIpc) is 3.62. The van der Waals surface area contributed by atoms with Crippen molar-refractivity contribution in [1.82, 2.24) is 0 Å². The van der Waals surface area contributed by atoms with Gasteiger partial charge in [0.1, 0.15) is 23.8 Å². The lowest BCUT2D eigenvalue weighted by molar-refractivity contribution is -0.125. The normalized spacial score (nSPS) is 25.4. The van der Waals surface area contributed by atoms with Crippen molar-refractivity contribution in [3.8, 4) is 11.5 Å². The van der Waals surface area contributed by atoms with Crippen LogP contribution in [0.4, 0.5) is 33.3 Å². The molecule has 5 aromatic rings. The van der Waals surface area contributed by atoms with E-state index in [0.29, 0.717) is 5.56 Å². The number of hydrogen-bond donors (Lipinski definition) is 1. The van der Waals surface area contributed by atoms with E-state index >= 15 is 8.78 Å². The molecule has 1 N–H and O–H groups in total. The predicted octanol–water partition coefficient (Wildman–Crippen LogP) is 8.67. The zero-order chi connectivity index (χ0) is 44.0. The molecule has 5 aromatic carbocycles. The molecule has 2 aliphatic carbocycles. The third-order valence-electron chi connectivity index (χ3n) is 12.2. The van der Waals surface area contributed by atoms with Gasteiger partial charge in [0.25, 0.3) is 11.8 Å². The van der Waals surface area contributed by atoms with Gasteiger partial charge in [-0.25, -0.2) is 26.9 Å². The SMILES string of the molecule is O=C(c1ccccc1)c1ccc(N2C(=O)[C@H]3[C@H](CC=C4[C@H]3C[C@@]3(Cl)C(=O)N(c5c(F)c(F)c(F)c(F)c5F)C(=O)[C@@]3(Cl)[C@H]4c3ccc(OCc4ccccc4)cc3O)C2=O)cc1. The molecule has 0 radical (unpaired) electrons. The maximum Gasteiger partial charge on any atom is 0.258 e. The summed E-state index contributed by atoms with van der Waals surface area (Å²) in [5.41, 5.74) is -0.345. The summed E-state index contributed by atoms with van der Waals surface area (Å²) in [5.74, 6) is -23.2. The molecule has 0 aromatic heterocycles. The molecular weight excluding hydrogens is 858 g/mol. The minimum Gasteiger partial charge on any atom is -0.508 e. The van der Waals surface area contributed by atoms with Crippen LogP contribution in [0.5, 0.6) is 11.5 Å². The number of alkyl halides is 2. The number of phenols is 1. The molecule has 2 aliphatic heterocycles. The second-order valence-electron chi connectivity index (χ2n) is 15.4. The Balaban J connectivity index is 1.14. The topological polar surface area (TPSA) is 121 Å². The molecule has 314 valence electrons. The summed E-state index contributed by atoms with van der Waals surface area (Å²) < 4.78 is 80.3. The molecule has 9 rings (SSSR count). The van der Waals surface area contributed by atoms with Crippen LogP contribution in [-0.4, -0.2) is 44.3 Å². The van der Waals surface area contributed by atoms with Gasteiger partial charge in [-0.3, -0.25) is 28.9 Å². The van der Waals surface area contributed by atoms with Crippen LogP contribution in [0.3, 0.4) is 0 Å². The number of ketones is 1. The van der Waals surface area contributed by atoms with E-state index in [9.17, 15) is 42.3 Å². The summed E-state index contributed by atoms with van der Waals surface area (Å²) in [6.07, 6.45) is 0.670. The van der Waals surface area contributed by atoms with Crippen LogP contribution in [0.1, 0.15) is 45.8 Å². The monoisotopic (exact) mass is 886 g/mol. The molecule has 4 aliphatic rings. The van der Waals surface area contributed by atoms with Gasteiger partial charge in [-0.15, -0.1) is 23.2 Å². The van der Waals surface area contributed by atoms with Crippen LogP contribution in [0.2, 0.25) is 0 Å². The van der Waals surface area contributed by atoms with E-state index in [1.165, 1.54) is 48.5 Å². The molecule has 1 saturated carbocycles. The number of carbonyl (C=O) groups excluding carboxylic acids is 5. The molecule has 62 heavy (non-hydrogen) atoms. The first-order valence-corrected chi connectivity index (χ1v) is 19.9. The summed E-state index contributed by atoms with van der Waals surface area (Å²) in [4.78, 5) is 66.1. The second kappa shape index (κ2) is 14.9. The first kappa shape index (κ1) is 41.0. The number of amides is 4. The number of ether oxygens (including phenoxy) is 1. The average molecular weight is 888 g/mol. The second-order valence-corrected chi connectivity index (χ2v) is 16.7. The fraction of sp³-hybridized carbons (Fsp3) is 0.196. The molecule has 0 bridgehead atoms. The van der Waals surface area contributed by atoms with Crippen LogP contribution in [-0.2, 0) is 25.8 Å². The number of rotatable bonds is 8. The van der Waals surface area contributed by atoms with Crippen molar-refractivity contribution in [3.63, 3.8) is 0 Å². The van der Waals surface area contributed by atoms with E-state index in [1.807, 2.05) is 6.07 Å². The summed E-state index contributed by atoms with van der Waals surface area (Å²) in [6, 6.07) is 27.1. The van der Waals surface area contributed by atoms with Gasteiger partial charge in [0, 0.05) is 28.7 Å². The third kappa shape index (κ3) is 5.90. The standard InChI is InChI=1S/C46H29Cl2F5N2O7/c47-45-20-30-27(17-18-29-32(30)42(59)54(41(29)58)25-13-11-24(12-14-25)40(57)23-9-5-2-6-10-23)33(28-16-15-26(19-31(28)56)62-21-22-7-3-1-4-8-22)46(45,48)44(61)55(43(45)60)39-37(52)35(50)34(49)36(51)38(39)53/h1-17,19,29-30,32-33,56H,18,20-21H2/t29-,30+,32-,33+,45+,46-/m0/s1. The first-order chi connectivity index (χ1) is 29.6. The molecule has 2 saturated heterocycles. The number of halogens is 7. The van der Waals surface area contributed by atoms with E-state index in [4.69, 9.17) is 27.9 Å². The smallest absolute Gasteiger partial charge is 0.258 e. The van der Waals surface area contributed by atoms with Crippen LogP contribution in [0, 0.1) is 46.8 Å². The number of fused-ring (bicyclic) bond motifs is 4. The van der Waals surface area contributed by atoms with Crippen molar-refractivity contribution in [1.29, 1.82) is 0 Å². The predicted molar refractivity (Wildman–Crippen MR) is 214 cm³/mol. The number of allylic oxidation sites excluding steroid dienone is 2. The van der Waals surface area contributed by atoms with Crippen molar-refractivity contribution in [2.24, 2.45) is 17.8 Å². The Morgan fingerprint density at radius 2 is 1.31 bits per heavy atom.